The molecule has 3 rings (SSSR count). The van der Waals surface area contributed by atoms with Crippen molar-refractivity contribution in [2.45, 2.75) is 25.6 Å². The van der Waals surface area contributed by atoms with Gasteiger partial charge < -0.3 is 10.6 Å². The molecule has 2 atom stereocenters. The van der Waals surface area contributed by atoms with E-state index < -0.39 is 0 Å². The fourth-order valence-corrected chi connectivity index (χ4v) is 2.63. The SMILES string of the molecule is NC1C=CC(C(=O)N2Cc3ccccc3C2)C1. The van der Waals surface area contributed by atoms with Crippen LogP contribution >= 0.6 is 0 Å². The largest absolute Gasteiger partial charge is 0.334 e. The summed E-state index contributed by atoms with van der Waals surface area (Å²) in [6, 6.07) is 8.29. The number of carbonyl (C=O) groups excluding carboxylic acids is 1. The molecule has 1 aliphatic carbocycles. The first-order valence-electron chi connectivity index (χ1n) is 6.03. The number of rotatable bonds is 1. The van der Waals surface area contributed by atoms with Gasteiger partial charge in [-0.15, -0.1) is 0 Å². The maximum absolute atomic E-state index is 12.3. The number of carbonyl (C=O) groups is 1. The number of hydrogen-bond acceptors (Lipinski definition) is 2. The van der Waals surface area contributed by atoms with Crippen molar-refractivity contribution in [1.82, 2.24) is 4.90 Å². The molecule has 0 bridgehead atoms. The molecule has 0 fully saturated rings. The molecule has 17 heavy (non-hydrogen) atoms. The molecular formula is C14H16N2O. The molecule has 3 nitrogen and oxygen atoms in total. The van der Waals surface area contributed by atoms with Crippen LogP contribution in [0, 0.1) is 5.92 Å². The lowest BCUT2D eigenvalue weighted by atomic mass is 10.1. The van der Waals surface area contributed by atoms with Crippen molar-refractivity contribution in [2.75, 3.05) is 0 Å². The minimum Gasteiger partial charge on any atom is -0.334 e. The Morgan fingerprint density at radius 2 is 1.82 bits per heavy atom. The van der Waals surface area contributed by atoms with Gasteiger partial charge in [-0.3, -0.25) is 4.79 Å². The Morgan fingerprint density at radius 1 is 1.18 bits per heavy atom. The molecule has 0 aromatic heterocycles. The molecule has 0 spiro atoms. The van der Waals surface area contributed by atoms with Crippen LogP contribution in [0.2, 0.25) is 0 Å². The molecule has 2 unspecified atom stereocenters. The van der Waals surface area contributed by atoms with Crippen LogP contribution in [-0.4, -0.2) is 16.8 Å². The second-order valence-electron chi connectivity index (χ2n) is 4.85. The van der Waals surface area contributed by atoms with Gasteiger partial charge in [0.1, 0.15) is 0 Å². The Bertz CT molecular complexity index is 456. The van der Waals surface area contributed by atoms with Crippen LogP contribution in [0.5, 0.6) is 0 Å². The Labute approximate surface area is 101 Å². The normalized spacial score (nSPS) is 26.3. The molecule has 0 radical (unpaired) electrons. The van der Waals surface area contributed by atoms with Crippen LogP contribution in [0.3, 0.4) is 0 Å². The number of amides is 1. The molecule has 0 saturated heterocycles. The van der Waals surface area contributed by atoms with E-state index >= 15 is 0 Å². The fourth-order valence-electron chi connectivity index (χ4n) is 2.63. The zero-order chi connectivity index (χ0) is 11.8. The molecule has 1 aliphatic heterocycles. The quantitative estimate of drug-likeness (QED) is 0.739. The lowest BCUT2D eigenvalue weighted by molar-refractivity contribution is -0.134. The minimum absolute atomic E-state index is 0.0145. The minimum atomic E-state index is -0.0145. The first-order valence-corrected chi connectivity index (χ1v) is 6.03. The molecule has 1 amide bonds. The van der Waals surface area contributed by atoms with E-state index in [1.54, 1.807) is 0 Å². The van der Waals surface area contributed by atoms with Gasteiger partial charge in [0.25, 0.3) is 0 Å². The lowest BCUT2D eigenvalue weighted by Crippen LogP contribution is -2.31. The molecule has 2 N–H and O–H groups in total. The summed E-state index contributed by atoms with van der Waals surface area (Å²) >= 11 is 0. The van der Waals surface area contributed by atoms with Crippen LogP contribution in [-0.2, 0) is 17.9 Å². The van der Waals surface area contributed by atoms with Crippen molar-refractivity contribution >= 4 is 5.91 Å². The number of nitrogens with zero attached hydrogens (tertiary/aromatic N) is 1. The molecule has 1 aromatic rings. The summed E-state index contributed by atoms with van der Waals surface area (Å²) in [5.41, 5.74) is 8.33. The third-order valence-electron chi connectivity index (χ3n) is 3.59. The summed E-state index contributed by atoms with van der Waals surface area (Å²) < 4.78 is 0. The first kappa shape index (κ1) is 10.5. The summed E-state index contributed by atoms with van der Waals surface area (Å²) in [4.78, 5) is 14.2. The summed E-state index contributed by atoms with van der Waals surface area (Å²) in [6.07, 6.45) is 4.65. The monoisotopic (exact) mass is 228 g/mol. The molecule has 88 valence electrons. The highest BCUT2D eigenvalue weighted by atomic mass is 16.2. The highest BCUT2D eigenvalue weighted by Gasteiger charge is 2.30. The van der Waals surface area contributed by atoms with Crippen molar-refractivity contribution in [3.8, 4) is 0 Å². The molecule has 0 saturated carbocycles. The van der Waals surface area contributed by atoms with Gasteiger partial charge in [0, 0.05) is 19.1 Å². The maximum atomic E-state index is 12.3. The topological polar surface area (TPSA) is 46.3 Å². The van der Waals surface area contributed by atoms with E-state index in [0.29, 0.717) is 0 Å². The molecular weight excluding hydrogens is 212 g/mol. The second kappa shape index (κ2) is 4.00. The maximum Gasteiger partial charge on any atom is 0.230 e. The third-order valence-corrected chi connectivity index (χ3v) is 3.59. The van der Waals surface area contributed by atoms with E-state index in [0.717, 1.165) is 19.5 Å². The third kappa shape index (κ3) is 1.87. The van der Waals surface area contributed by atoms with Gasteiger partial charge in [0.05, 0.1) is 5.92 Å². The van der Waals surface area contributed by atoms with Gasteiger partial charge in [-0.05, 0) is 17.5 Å². The predicted octanol–water partition coefficient (Wildman–Crippen LogP) is 1.43. The van der Waals surface area contributed by atoms with E-state index in [1.807, 2.05) is 29.2 Å². The number of fused-ring (bicyclic) bond motifs is 1. The first-order chi connectivity index (χ1) is 8.24. The van der Waals surface area contributed by atoms with Gasteiger partial charge in [0.2, 0.25) is 5.91 Å². The number of hydrogen-bond donors (Lipinski definition) is 1. The standard InChI is InChI=1S/C14H16N2O/c15-13-6-5-10(7-13)14(17)16-8-11-3-1-2-4-12(11)9-16/h1-6,10,13H,7-9,15H2. The average Bonchev–Trinajstić information content (AvgIpc) is 2.93. The summed E-state index contributed by atoms with van der Waals surface area (Å²) in [7, 11) is 0. The molecule has 1 aromatic carbocycles. The van der Waals surface area contributed by atoms with Gasteiger partial charge in [-0.1, -0.05) is 36.4 Å². The Kier molecular flexibility index (Phi) is 2.48. The molecule has 1 heterocycles. The zero-order valence-electron chi connectivity index (χ0n) is 9.67. The Hall–Kier alpha value is -1.61. The van der Waals surface area contributed by atoms with E-state index in [2.05, 4.69) is 12.1 Å². The van der Waals surface area contributed by atoms with Crippen molar-refractivity contribution < 1.29 is 4.79 Å². The van der Waals surface area contributed by atoms with E-state index in [4.69, 9.17) is 5.73 Å². The van der Waals surface area contributed by atoms with Gasteiger partial charge >= 0.3 is 0 Å². The zero-order valence-corrected chi connectivity index (χ0v) is 9.67. The van der Waals surface area contributed by atoms with Gasteiger partial charge in [-0.25, -0.2) is 0 Å². The van der Waals surface area contributed by atoms with Crippen molar-refractivity contribution in [3.05, 3.63) is 47.5 Å². The van der Waals surface area contributed by atoms with Crippen LogP contribution in [0.25, 0.3) is 0 Å². The van der Waals surface area contributed by atoms with Crippen LogP contribution in [0.15, 0.2) is 36.4 Å². The fraction of sp³-hybridized carbons (Fsp3) is 0.357. The van der Waals surface area contributed by atoms with E-state index in [1.165, 1.54) is 11.1 Å². The highest BCUT2D eigenvalue weighted by molar-refractivity contribution is 5.81. The van der Waals surface area contributed by atoms with Gasteiger partial charge in [0.15, 0.2) is 0 Å². The predicted molar refractivity (Wildman–Crippen MR) is 65.9 cm³/mol. The summed E-state index contributed by atoms with van der Waals surface area (Å²) in [5, 5.41) is 0. The Morgan fingerprint density at radius 3 is 2.35 bits per heavy atom. The molecule has 3 heteroatoms. The second-order valence-corrected chi connectivity index (χ2v) is 4.85. The molecule has 2 aliphatic rings. The Balaban J connectivity index is 1.73. The number of benzene rings is 1. The average molecular weight is 228 g/mol. The van der Waals surface area contributed by atoms with Gasteiger partial charge in [-0.2, -0.15) is 0 Å². The van der Waals surface area contributed by atoms with Crippen molar-refractivity contribution in [1.29, 1.82) is 0 Å². The summed E-state index contributed by atoms with van der Waals surface area (Å²) in [6.45, 7) is 1.49. The van der Waals surface area contributed by atoms with Crippen LogP contribution in [0.4, 0.5) is 0 Å². The summed E-state index contributed by atoms with van der Waals surface area (Å²) in [5.74, 6) is 0.199. The van der Waals surface area contributed by atoms with Crippen molar-refractivity contribution in [3.63, 3.8) is 0 Å². The lowest BCUT2D eigenvalue weighted by Gasteiger charge is -2.19. The van der Waals surface area contributed by atoms with E-state index in [9.17, 15) is 4.79 Å². The van der Waals surface area contributed by atoms with E-state index in [-0.39, 0.29) is 17.9 Å². The smallest absolute Gasteiger partial charge is 0.230 e. The van der Waals surface area contributed by atoms with Crippen LogP contribution < -0.4 is 5.73 Å². The van der Waals surface area contributed by atoms with Crippen LogP contribution in [0.1, 0.15) is 17.5 Å². The number of nitrogens with two attached hydrogens (primary N) is 1. The van der Waals surface area contributed by atoms with Crippen molar-refractivity contribution in [2.24, 2.45) is 11.7 Å². The highest BCUT2D eigenvalue weighted by Crippen LogP contribution is 2.26.